The van der Waals surface area contributed by atoms with Crippen LogP contribution >= 0.6 is 0 Å². The van der Waals surface area contributed by atoms with Gasteiger partial charge in [0, 0.05) is 12.1 Å². The van der Waals surface area contributed by atoms with E-state index < -0.39 is 17.5 Å². The Hall–Kier alpha value is -2.57. The molecule has 1 aliphatic carbocycles. The van der Waals surface area contributed by atoms with Crippen LogP contribution in [0.2, 0.25) is 0 Å². The van der Waals surface area contributed by atoms with Gasteiger partial charge in [-0.1, -0.05) is 25.7 Å². The molecule has 1 heterocycles. The van der Waals surface area contributed by atoms with Crippen LogP contribution in [-0.4, -0.2) is 22.1 Å². The number of amides is 1. The van der Waals surface area contributed by atoms with Gasteiger partial charge < -0.3 is 10.6 Å². The minimum atomic E-state index is -0.840. The van der Waals surface area contributed by atoms with E-state index >= 15 is 0 Å². The first-order chi connectivity index (χ1) is 12.1. The number of benzene rings is 1. The predicted molar refractivity (Wildman–Crippen MR) is 91.5 cm³/mol. The number of hydrogen-bond acceptors (Lipinski definition) is 4. The Balaban J connectivity index is 1.62. The predicted octanol–water partition coefficient (Wildman–Crippen LogP) is 4.14. The van der Waals surface area contributed by atoms with Gasteiger partial charge in [-0.3, -0.25) is 4.79 Å². The fourth-order valence-corrected chi connectivity index (χ4v) is 2.94. The molecule has 1 aromatic heterocycles. The summed E-state index contributed by atoms with van der Waals surface area (Å²) in [7, 11) is 0. The van der Waals surface area contributed by atoms with E-state index in [1.807, 2.05) is 0 Å². The first kappa shape index (κ1) is 17.3. The molecule has 0 unspecified atom stereocenters. The maximum absolute atomic E-state index is 13.6. The summed E-state index contributed by atoms with van der Waals surface area (Å²) < 4.78 is 26.5. The molecule has 1 saturated carbocycles. The second-order valence-corrected chi connectivity index (χ2v) is 6.21. The molecule has 5 nitrogen and oxygen atoms in total. The SMILES string of the molecule is O=C(Nc1ccc(F)cc1F)c1ccc(NC2CCCCCC2)nn1. The molecule has 7 heteroatoms. The van der Waals surface area contributed by atoms with Gasteiger partial charge >= 0.3 is 0 Å². The van der Waals surface area contributed by atoms with Gasteiger partial charge in [0.05, 0.1) is 5.69 Å². The Morgan fingerprint density at radius 1 is 1.00 bits per heavy atom. The van der Waals surface area contributed by atoms with Crippen LogP contribution < -0.4 is 10.6 Å². The normalized spacial score (nSPS) is 15.4. The zero-order valence-corrected chi connectivity index (χ0v) is 13.8. The fourth-order valence-electron chi connectivity index (χ4n) is 2.94. The molecule has 0 saturated heterocycles. The molecule has 0 aliphatic heterocycles. The lowest BCUT2D eigenvalue weighted by Gasteiger charge is -2.16. The van der Waals surface area contributed by atoms with Crippen molar-refractivity contribution in [3.8, 4) is 0 Å². The zero-order valence-electron chi connectivity index (χ0n) is 13.8. The molecular weight excluding hydrogens is 326 g/mol. The maximum atomic E-state index is 13.6. The Morgan fingerprint density at radius 3 is 2.40 bits per heavy atom. The second kappa shape index (κ2) is 8.00. The summed E-state index contributed by atoms with van der Waals surface area (Å²) in [4.78, 5) is 12.1. The molecular formula is C18H20F2N4O. The van der Waals surface area contributed by atoms with Gasteiger partial charge in [0.25, 0.3) is 5.91 Å². The van der Waals surface area contributed by atoms with Crippen molar-refractivity contribution < 1.29 is 13.6 Å². The molecule has 1 fully saturated rings. The van der Waals surface area contributed by atoms with E-state index in [1.165, 1.54) is 31.7 Å². The Kier molecular flexibility index (Phi) is 5.53. The summed E-state index contributed by atoms with van der Waals surface area (Å²) in [5.74, 6) is -1.52. The van der Waals surface area contributed by atoms with Crippen molar-refractivity contribution in [2.45, 2.75) is 44.6 Å². The van der Waals surface area contributed by atoms with Gasteiger partial charge in [0.15, 0.2) is 5.69 Å². The molecule has 2 aromatic rings. The second-order valence-electron chi connectivity index (χ2n) is 6.21. The third kappa shape index (κ3) is 4.71. The summed E-state index contributed by atoms with van der Waals surface area (Å²) in [6.45, 7) is 0. The van der Waals surface area contributed by atoms with E-state index in [1.54, 1.807) is 6.07 Å². The number of carbonyl (C=O) groups is 1. The van der Waals surface area contributed by atoms with E-state index in [9.17, 15) is 13.6 Å². The topological polar surface area (TPSA) is 66.9 Å². The number of halogens is 2. The quantitative estimate of drug-likeness (QED) is 0.817. The van der Waals surface area contributed by atoms with Gasteiger partial charge in [-0.15, -0.1) is 10.2 Å². The van der Waals surface area contributed by atoms with Gasteiger partial charge in [0.1, 0.15) is 17.5 Å². The lowest BCUT2D eigenvalue weighted by molar-refractivity contribution is 0.102. The van der Waals surface area contributed by atoms with Crippen molar-refractivity contribution in [3.05, 3.63) is 47.7 Å². The average molecular weight is 346 g/mol. The molecule has 1 amide bonds. The highest BCUT2D eigenvalue weighted by Crippen LogP contribution is 2.20. The van der Waals surface area contributed by atoms with Crippen LogP contribution in [0.5, 0.6) is 0 Å². The third-order valence-corrected chi connectivity index (χ3v) is 4.28. The molecule has 1 aliphatic rings. The molecule has 3 rings (SSSR count). The first-order valence-corrected chi connectivity index (χ1v) is 8.48. The number of carbonyl (C=O) groups excluding carboxylic acids is 1. The van der Waals surface area contributed by atoms with Gasteiger partial charge in [-0.2, -0.15) is 0 Å². The molecule has 25 heavy (non-hydrogen) atoms. The Labute approximate surface area is 144 Å². The number of aromatic nitrogens is 2. The van der Waals surface area contributed by atoms with Crippen molar-refractivity contribution in [2.24, 2.45) is 0 Å². The van der Waals surface area contributed by atoms with Crippen LogP contribution in [0.1, 0.15) is 49.0 Å². The molecule has 0 atom stereocenters. The average Bonchev–Trinajstić information content (AvgIpc) is 2.87. The van der Waals surface area contributed by atoms with E-state index in [2.05, 4.69) is 20.8 Å². The van der Waals surface area contributed by atoms with Gasteiger partial charge in [-0.05, 0) is 37.1 Å². The lowest BCUT2D eigenvalue weighted by atomic mass is 10.1. The number of hydrogen-bond donors (Lipinski definition) is 2. The Bertz CT molecular complexity index is 728. The van der Waals surface area contributed by atoms with Crippen LogP contribution in [0.25, 0.3) is 0 Å². The monoisotopic (exact) mass is 346 g/mol. The molecule has 1 aromatic carbocycles. The minimum absolute atomic E-state index is 0.0649. The van der Waals surface area contributed by atoms with Crippen molar-refractivity contribution in [1.82, 2.24) is 10.2 Å². The van der Waals surface area contributed by atoms with E-state index in [4.69, 9.17) is 0 Å². The van der Waals surface area contributed by atoms with Crippen LogP contribution in [0.3, 0.4) is 0 Å². The maximum Gasteiger partial charge on any atom is 0.276 e. The van der Waals surface area contributed by atoms with Gasteiger partial charge in [0.2, 0.25) is 0 Å². The molecule has 2 N–H and O–H groups in total. The number of anilines is 2. The van der Waals surface area contributed by atoms with Crippen LogP contribution in [0.15, 0.2) is 30.3 Å². The summed E-state index contributed by atoms with van der Waals surface area (Å²) in [5, 5.41) is 13.6. The van der Waals surface area contributed by atoms with E-state index in [0.717, 1.165) is 25.0 Å². The number of nitrogens with one attached hydrogen (secondary N) is 2. The standard InChI is InChI=1S/C18H20F2N4O/c19-12-7-8-15(14(20)11-12)22-18(25)16-9-10-17(24-23-16)21-13-5-3-1-2-4-6-13/h7-11,13H,1-6H2,(H,21,24)(H,22,25). The molecule has 0 bridgehead atoms. The van der Waals surface area contributed by atoms with Crippen molar-refractivity contribution in [2.75, 3.05) is 10.6 Å². The lowest BCUT2D eigenvalue weighted by Crippen LogP contribution is -2.20. The number of nitrogens with zero attached hydrogens (tertiary/aromatic N) is 2. The highest BCUT2D eigenvalue weighted by Gasteiger charge is 2.15. The van der Waals surface area contributed by atoms with Crippen LogP contribution in [0, 0.1) is 11.6 Å². The van der Waals surface area contributed by atoms with E-state index in [-0.39, 0.29) is 11.4 Å². The third-order valence-electron chi connectivity index (χ3n) is 4.28. The van der Waals surface area contributed by atoms with Crippen LogP contribution in [-0.2, 0) is 0 Å². The first-order valence-electron chi connectivity index (χ1n) is 8.48. The minimum Gasteiger partial charge on any atom is -0.366 e. The summed E-state index contributed by atoms with van der Waals surface area (Å²) in [6, 6.07) is 6.55. The summed E-state index contributed by atoms with van der Waals surface area (Å²) in [6.07, 6.45) is 7.15. The van der Waals surface area contributed by atoms with E-state index in [0.29, 0.717) is 17.9 Å². The molecule has 132 valence electrons. The summed E-state index contributed by atoms with van der Waals surface area (Å²) >= 11 is 0. The zero-order chi connectivity index (χ0) is 17.6. The van der Waals surface area contributed by atoms with Crippen molar-refractivity contribution >= 4 is 17.4 Å². The van der Waals surface area contributed by atoms with Crippen molar-refractivity contribution in [1.29, 1.82) is 0 Å². The fraction of sp³-hybridized carbons (Fsp3) is 0.389. The Morgan fingerprint density at radius 2 is 1.76 bits per heavy atom. The number of rotatable bonds is 4. The summed E-state index contributed by atoms with van der Waals surface area (Å²) in [5.41, 5.74) is -0.0380. The van der Waals surface area contributed by atoms with Crippen molar-refractivity contribution in [3.63, 3.8) is 0 Å². The smallest absolute Gasteiger partial charge is 0.276 e. The van der Waals surface area contributed by atoms with Crippen LogP contribution in [0.4, 0.5) is 20.3 Å². The molecule has 0 radical (unpaired) electrons. The highest BCUT2D eigenvalue weighted by molar-refractivity contribution is 6.02. The molecule has 0 spiro atoms. The highest BCUT2D eigenvalue weighted by atomic mass is 19.1. The largest absolute Gasteiger partial charge is 0.366 e. The van der Waals surface area contributed by atoms with Gasteiger partial charge in [-0.25, -0.2) is 8.78 Å².